The summed E-state index contributed by atoms with van der Waals surface area (Å²) in [6, 6.07) is 2.42. The molecule has 0 aromatic heterocycles. The number of nitrogens with one attached hydrogen (secondary N) is 1. The van der Waals surface area contributed by atoms with E-state index in [-0.39, 0.29) is 4.90 Å². The van der Waals surface area contributed by atoms with E-state index in [1.54, 1.807) is 6.92 Å². The summed E-state index contributed by atoms with van der Waals surface area (Å²) >= 11 is 3.11. The lowest BCUT2D eigenvalue weighted by Gasteiger charge is -2.06. The van der Waals surface area contributed by atoms with E-state index in [0.29, 0.717) is 10.0 Å². The van der Waals surface area contributed by atoms with Crippen LogP contribution in [0.2, 0.25) is 0 Å². The minimum absolute atomic E-state index is 0.333. The number of hydrogen-bond acceptors (Lipinski definition) is 2. The first-order valence-corrected chi connectivity index (χ1v) is 6.05. The Morgan fingerprint density at radius 1 is 1.43 bits per heavy atom. The van der Waals surface area contributed by atoms with Crippen molar-refractivity contribution in [1.29, 1.82) is 0 Å². The molecule has 0 fully saturated rings. The number of hydrogen-bond donors (Lipinski definition) is 1. The van der Waals surface area contributed by atoms with Gasteiger partial charge in [0.15, 0.2) is 0 Å². The molecule has 14 heavy (non-hydrogen) atoms. The van der Waals surface area contributed by atoms with Crippen molar-refractivity contribution in [3.63, 3.8) is 0 Å². The third kappa shape index (κ3) is 2.13. The normalized spacial score (nSPS) is 11.7. The molecule has 0 unspecified atom stereocenters. The molecule has 0 radical (unpaired) electrons. The summed E-state index contributed by atoms with van der Waals surface area (Å²) in [5, 5.41) is 0. The van der Waals surface area contributed by atoms with Crippen LogP contribution in [0.25, 0.3) is 0 Å². The van der Waals surface area contributed by atoms with Crippen molar-refractivity contribution in [1.82, 2.24) is 4.72 Å². The average molecular weight is 282 g/mol. The fraction of sp³-hybridized carbons (Fsp3) is 0.250. The molecule has 0 saturated heterocycles. The van der Waals surface area contributed by atoms with Crippen LogP contribution < -0.4 is 4.72 Å². The third-order valence-electron chi connectivity index (χ3n) is 1.77. The maximum Gasteiger partial charge on any atom is 0.243 e. The second kappa shape index (κ2) is 3.96. The summed E-state index contributed by atoms with van der Waals surface area (Å²) in [5.41, 5.74) is 0.667. The predicted octanol–water partition coefficient (Wildman–Crippen LogP) is 1.80. The van der Waals surface area contributed by atoms with Gasteiger partial charge in [-0.2, -0.15) is 0 Å². The van der Waals surface area contributed by atoms with Crippen LogP contribution in [-0.2, 0) is 10.0 Å². The molecule has 6 heteroatoms. The number of rotatable bonds is 2. The molecule has 1 aromatic rings. The van der Waals surface area contributed by atoms with Crippen LogP contribution >= 0.6 is 15.9 Å². The summed E-state index contributed by atoms with van der Waals surface area (Å²) in [4.78, 5) is -0.333. The van der Waals surface area contributed by atoms with E-state index in [2.05, 4.69) is 20.7 Å². The van der Waals surface area contributed by atoms with Crippen molar-refractivity contribution >= 4 is 26.0 Å². The van der Waals surface area contributed by atoms with Crippen molar-refractivity contribution in [3.8, 4) is 0 Å². The molecule has 1 aromatic carbocycles. The molecular weight excluding hydrogens is 273 g/mol. The summed E-state index contributed by atoms with van der Waals surface area (Å²) in [7, 11) is -2.47. The number of sulfonamides is 1. The number of aryl methyl sites for hydroxylation is 1. The van der Waals surface area contributed by atoms with Gasteiger partial charge in [0, 0.05) is 4.47 Å². The SMILES string of the molecule is CNS(=O)(=O)c1cc(C)c(Br)cc1F. The molecule has 0 heterocycles. The smallest absolute Gasteiger partial charge is 0.214 e. The van der Waals surface area contributed by atoms with Gasteiger partial charge in [0.2, 0.25) is 10.0 Å². The molecule has 0 aliphatic carbocycles. The van der Waals surface area contributed by atoms with Gasteiger partial charge in [0.1, 0.15) is 10.7 Å². The fourth-order valence-corrected chi connectivity index (χ4v) is 2.13. The molecule has 0 atom stereocenters. The summed E-state index contributed by atoms with van der Waals surface area (Å²) < 4.78 is 38.5. The maximum absolute atomic E-state index is 13.3. The van der Waals surface area contributed by atoms with Gasteiger partial charge >= 0.3 is 0 Å². The molecule has 1 rings (SSSR count). The Hall–Kier alpha value is -0.460. The molecule has 78 valence electrons. The lowest BCUT2D eigenvalue weighted by atomic mass is 10.2. The van der Waals surface area contributed by atoms with E-state index in [1.165, 1.54) is 13.1 Å². The van der Waals surface area contributed by atoms with Crippen molar-refractivity contribution < 1.29 is 12.8 Å². The van der Waals surface area contributed by atoms with Gasteiger partial charge in [-0.1, -0.05) is 15.9 Å². The molecule has 3 nitrogen and oxygen atoms in total. The number of halogens is 2. The Morgan fingerprint density at radius 3 is 2.50 bits per heavy atom. The Kier molecular flexibility index (Phi) is 3.28. The van der Waals surface area contributed by atoms with Gasteiger partial charge < -0.3 is 0 Å². The Balaban J connectivity index is 3.45. The molecular formula is C8H9BrFNO2S. The second-order valence-electron chi connectivity index (χ2n) is 2.74. The van der Waals surface area contributed by atoms with Gasteiger partial charge in [-0.25, -0.2) is 17.5 Å². The first kappa shape index (κ1) is 11.6. The highest BCUT2D eigenvalue weighted by molar-refractivity contribution is 9.10. The Labute approximate surface area is 90.5 Å². The van der Waals surface area contributed by atoms with Gasteiger partial charge in [-0.3, -0.25) is 0 Å². The molecule has 0 aliphatic rings. The van der Waals surface area contributed by atoms with E-state index < -0.39 is 15.8 Å². The van der Waals surface area contributed by atoms with Gasteiger partial charge in [0.05, 0.1) is 0 Å². The lowest BCUT2D eigenvalue weighted by molar-refractivity contribution is 0.560. The summed E-state index contributed by atoms with van der Waals surface area (Å²) in [6.07, 6.45) is 0. The quantitative estimate of drug-likeness (QED) is 0.899. The zero-order valence-corrected chi connectivity index (χ0v) is 10.0. The van der Waals surface area contributed by atoms with E-state index in [1.807, 2.05) is 0 Å². The van der Waals surface area contributed by atoms with Crippen LogP contribution in [0.3, 0.4) is 0 Å². The summed E-state index contributed by atoms with van der Waals surface area (Å²) in [5.74, 6) is -0.767. The van der Waals surface area contributed by atoms with Gasteiger partial charge in [-0.05, 0) is 31.7 Å². The van der Waals surface area contributed by atoms with E-state index in [4.69, 9.17) is 0 Å². The Morgan fingerprint density at radius 2 is 2.00 bits per heavy atom. The average Bonchev–Trinajstić information content (AvgIpc) is 2.11. The van der Waals surface area contributed by atoms with Crippen LogP contribution in [0.15, 0.2) is 21.5 Å². The number of benzene rings is 1. The van der Waals surface area contributed by atoms with E-state index >= 15 is 0 Å². The van der Waals surface area contributed by atoms with Gasteiger partial charge in [-0.15, -0.1) is 0 Å². The van der Waals surface area contributed by atoms with Crippen molar-refractivity contribution in [2.75, 3.05) is 7.05 Å². The van der Waals surface area contributed by atoms with Crippen molar-refractivity contribution in [3.05, 3.63) is 28.0 Å². The zero-order chi connectivity index (χ0) is 10.9. The topological polar surface area (TPSA) is 46.2 Å². The highest BCUT2D eigenvalue weighted by Gasteiger charge is 2.18. The summed E-state index contributed by atoms with van der Waals surface area (Å²) in [6.45, 7) is 1.69. The van der Waals surface area contributed by atoms with Crippen LogP contribution in [0.5, 0.6) is 0 Å². The first-order valence-electron chi connectivity index (χ1n) is 3.77. The minimum Gasteiger partial charge on any atom is -0.214 e. The second-order valence-corrected chi connectivity index (χ2v) is 5.45. The van der Waals surface area contributed by atoms with Crippen LogP contribution in [0.4, 0.5) is 4.39 Å². The molecule has 0 aliphatic heterocycles. The van der Waals surface area contributed by atoms with Crippen molar-refractivity contribution in [2.45, 2.75) is 11.8 Å². The highest BCUT2D eigenvalue weighted by atomic mass is 79.9. The molecule has 1 N–H and O–H groups in total. The van der Waals surface area contributed by atoms with Crippen LogP contribution in [0.1, 0.15) is 5.56 Å². The van der Waals surface area contributed by atoms with Crippen LogP contribution in [0, 0.1) is 12.7 Å². The van der Waals surface area contributed by atoms with Crippen LogP contribution in [-0.4, -0.2) is 15.5 Å². The molecule has 0 spiro atoms. The Bertz CT molecular complexity index is 459. The molecule has 0 amide bonds. The fourth-order valence-electron chi connectivity index (χ4n) is 0.947. The molecule has 0 saturated carbocycles. The zero-order valence-electron chi connectivity index (χ0n) is 7.64. The van der Waals surface area contributed by atoms with E-state index in [9.17, 15) is 12.8 Å². The largest absolute Gasteiger partial charge is 0.243 e. The maximum atomic E-state index is 13.3. The van der Waals surface area contributed by atoms with Crippen molar-refractivity contribution in [2.24, 2.45) is 0 Å². The van der Waals surface area contributed by atoms with E-state index in [0.717, 1.165) is 6.07 Å². The molecule has 0 bridgehead atoms. The lowest BCUT2D eigenvalue weighted by Crippen LogP contribution is -2.20. The monoisotopic (exact) mass is 281 g/mol. The first-order chi connectivity index (χ1) is 6.38. The standard InChI is InChI=1S/C8H9BrFNO2S/c1-5-3-8(14(12,13)11-2)7(10)4-6(5)9/h3-4,11H,1-2H3. The van der Waals surface area contributed by atoms with Gasteiger partial charge in [0.25, 0.3) is 0 Å². The highest BCUT2D eigenvalue weighted by Crippen LogP contribution is 2.23. The minimum atomic E-state index is -3.71. The third-order valence-corrected chi connectivity index (χ3v) is 4.06. The predicted molar refractivity (Wildman–Crippen MR) is 55.1 cm³/mol.